The van der Waals surface area contributed by atoms with E-state index < -0.39 is 0 Å². The van der Waals surface area contributed by atoms with E-state index in [-0.39, 0.29) is 0 Å². The number of aryl methyl sites for hydroxylation is 1. The van der Waals surface area contributed by atoms with Gasteiger partial charge in [0.05, 0.1) is 6.07 Å². The summed E-state index contributed by atoms with van der Waals surface area (Å²) in [5.41, 5.74) is 3.30. The highest BCUT2D eigenvalue weighted by Crippen LogP contribution is 2.19. The van der Waals surface area contributed by atoms with E-state index in [4.69, 9.17) is 4.52 Å². The van der Waals surface area contributed by atoms with Crippen LogP contribution in [0.3, 0.4) is 0 Å². The predicted octanol–water partition coefficient (Wildman–Crippen LogP) is 3.94. The molecule has 0 aliphatic carbocycles. The summed E-state index contributed by atoms with van der Waals surface area (Å²) in [5, 5.41) is 0. The van der Waals surface area contributed by atoms with Crippen LogP contribution in [0.2, 0.25) is 0 Å². The zero-order chi connectivity index (χ0) is 13.8. The Kier molecular flexibility index (Phi) is 3.46. The summed E-state index contributed by atoms with van der Waals surface area (Å²) in [4.78, 5) is 0. The van der Waals surface area contributed by atoms with Gasteiger partial charge in [-0.25, -0.2) is 4.52 Å². The zero-order valence-electron chi connectivity index (χ0n) is 11.4. The largest absolute Gasteiger partial charge is 0.255 e. The van der Waals surface area contributed by atoms with E-state index in [1.807, 2.05) is 55.6 Å². The van der Waals surface area contributed by atoms with Gasteiger partial charge in [-0.15, -0.1) is 0 Å². The molecule has 1 heterocycles. The highest BCUT2D eigenvalue weighted by Gasteiger charge is 2.14. The minimum absolute atomic E-state index is 0.876. The smallest absolute Gasteiger partial charge is 0.236 e. The lowest BCUT2D eigenvalue weighted by atomic mass is 10.1. The molecule has 0 atom stereocenters. The summed E-state index contributed by atoms with van der Waals surface area (Å²) >= 11 is 0. The molecular weight excluding hydrogens is 246 g/mol. The van der Waals surface area contributed by atoms with E-state index in [9.17, 15) is 0 Å². The number of hydrogen-bond donors (Lipinski definition) is 0. The van der Waals surface area contributed by atoms with Crippen LogP contribution in [0.1, 0.15) is 11.3 Å². The van der Waals surface area contributed by atoms with Gasteiger partial charge in [0.25, 0.3) is 5.69 Å². The molecule has 0 saturated heterocycles. The molecule has 0 spiro atoms. The summed E-state index contributed by atoms with van der Waals surface area (Å²) in [6, 6.07) is 22.4. The lowest BCUT2D eigenvalue weighted by molar-refractivity contribution is -0.844. The minimum Gasteiger partial charge on any atom is -0.236 e. The standard InChI is InChI=1S/C18H16NO/c1-19-17(13-12-15-8-4-2-5-9-15)14-18(20-19)16-10-6-3-7-11-16/h2-14H,1H3/q+1/b13-12+. The Balaban J connectivity index is 1.89. The van der Waals surface area contributed by atoms with Crippen LogP contribution in [0.15, 0.2) is 71.3 Å². The fraction of sp³-hybridized carbons (Fsp3) is 0.0556. The molecule has 1 aromatic heterocycles. The molecule has 0 aliphatic heterocycles. The molecule has 3 rings (SSSR count). The fourth-order valence-electron chi connectivity index (χ4n) is 2.09. The number of rotatable bonds is 3. The molecule has 0 bridgehead atoms. The van der Waals surface area contributed by atoms with Crippen LogP contribution in [-0.2, 0) is 7.05 Å². The zero-order valence-corrected chi connectivity index (χ0v) is 11.4. The average molecular weight is 262 g/mol. The molecule has 0 aliphatic rings. The van der Waals surface area contributed by atoms with Gasteiger partial charge in [0.2, 0.25) is 5.76 Å². The summed E-state index contributed by atoms with van der Waals surface area (Å²) in [7, 11) is 1.91. The molecule has 2 heteroatoms. The molecule has 0 fully saturated rings. The van der Waals surface area contributed by atoms with Crippen molar-refractivity contribution < 1.29 is 9.26 Å². The molecule has 0 unspecified atom stereocenters. The van der Waals surface area contributed by atoms with E-state index in [1.165, 1.54) is 5.56 Å². The van der Waals surface area contributed by atoms with Crippen molar-refractivity contribution in [2.75, 3.05) is 0 Å². The molecule has 2 nitrogen and oxygen atoms in total. The normalized spacial score (nSPS) is 11.1. The highest BCUT2D eigenvalue weighted by molar-refractivity contribution is 5.69. The van der Waals surface area contributed by atoms with E-state index in [0.29, 0.717) is 0 Å². The minimum atomic E-state index is 0.876. The van der Waals surface area contributed by atoms with E-state index in [2.05, 4.69) is 30.4 Å². The quantitative estimate of drug-likeness (QED) is 0.653. The Bertz CT molecular complexity index is 712. The maximum absolute atomic E-state index is 5.75. The Morgan fingerprint density at radius 1 is 0.850 bits per heavy atom. The van der Waals surface area contributed by atoms with E-state index >= 15 is 0 Å². The second-order valence-corrected chi connectivity index (χ2v) is 4.63. The van der Waals surface area contributed by atoms with Crippen LogP contribution in [-0.4, -0.2) is 0 Å². The summed E-state index contributed by atoms with van der Waals surface area (Å²) in [6.07, 6.45) is 4.14. The van der Waals surface area contributed by atoms with Crippen molar-refractivity contribution >= 4 is 12.2 Å². The van der Waals surface area contributed by atoms with Crippen molar-refractivity contribution in [3.63, 3.8) is 0 Å². The van der Waals surface area contributed by atoms with Crippen molar-refractivity contribution in [2.24, 2.45) is 7.05 Å². The number of benzene rings is 2. The summed E-state index contributed by atoms with van der Waals surface area (Å²) in [5.74, 6) is 0.876. The maximum atomic E-state index is 5.75. The van der Waals surface area contributed by atoms with Gasteiger partial charge in [-0.2, -0.15) is 0 Å². The van der Waals surface area contributed by atoms with Crippen molar-refractivity contribution in [2.45, 2.75) is 0 Å². The lowest BCUT2D eigenvalue weighted by Gasteiger charge is -1.89. The number of hydrogen-bond acceptors (Lipinski definition) is 1. The molecule has 0 radical (unpaired) electrons. The van der Waals surface area contributed by atoms with Crippen LogP contribution in [0, 0.1) is 0 Å². The van der Waals surface area contributed by atoms with E-state index in [0.717, 1.165) is 17.0 Å². The second-order valence-electron chi connectivity index (χ2n) is 4.63. The second kappa shape index (κ2) is 5.57. The Hall–Kier alpha value is -2.61. The van der Waals surface area contributed by atoms with E-state index in [1.54, 1.807) is 4.74 Å². The van der Waals surface area contributed by atoms with Gasteiger partial charge in [0, 0.05) is 11.6 Å². The van der Waals surface area contributed by atoms with Gasteiger partial charge in [-0.3, -0.25) is 0 Å². The lowest BCUT2D eigenvalue weighted by Crippen LogP contribution is -2.27. The van der Waals surface area contributed by atoms with Gasteiger partial charge in [-0.05, 0) is 16.4 Å². The Labute approximate surface area is 118 Å². The molecule has 2 aromatic carbocycles. The maximum Gasteiger partial charge on any atom is 0.255 e. The van der Waals surface area contributed by atoms with Gasteiger partial charge >= 0.3 is 0 Å². The summed E-state index contributed by atoms with van der Waals surface area (Å²) < 4.78 is 7.53. The number of nitrogens with zero attached hydrogens (tertiary/aromatic N) is 1. The van der Waals surface area contributed by atoms with Crippen LogP contribution in [0.25, 0.3) is 23.5 Å². The Morgan fingerprint density at radius 3 is 2.20 bits per heavy atom. The van der Waals surface area contributed by atoms with Crippen LogP contribution in [0.5, 0.6) is 0 Å². The van der Waals surface area contributed by atoms with Crippen LogP contribution in [0.4, 0.5) is 0 Å². The van der Waals surface area contributed by atoms with Crippen molar-refractivity contribution in [3.05, 3.63) is 78.0 Å². The fourth-order valence-corrected chi connectivity index (χ4v) is 2.09. The third kappa shape index (κ3) is 2.69. The molecule has 0 N–H and O–H groups in total. The predicted molar refractivity (Wildman–Crippen MR) is 80.7 cm³/mol. The average Bonchev–Trinajstić information content (AvgIpc) is 2.88. The van der Waals surface area contributed by atoms with Gasteiger partial charge in [0.1, 0.15) is 0 Å². The first-order chi connectivity index (χ1) is 9.83. The monoisotopic (exact) mass is 262 g/mol. The first-order valence-electron chi connectivity index (χ1n) is 6.62. The third-order valence-electron chi connectivity index (χ3n) is 3.18. The molecule has 3 aromatic rings. The third-order valence-corrected chi connectivity index (χ3v) is 3.18. The molecule has 98 valence electrons. The first-order valence-corrected chi connectivity index (χ1v) is 6.62. The van der Waals surface area contributed by atoms with Crippen LogP contribution >= 0.6 is 0 Å². The topological polar surface area (TPSA) is 17.0 Å². The van der Waals surface area contributed by atoms with Gasteiger partial charge < -0.3 is 0 Å². The van der Waals surface area contributed by atoms with Crippen molar-refractivity contribution in [1.29, 1.82) is 0 Å². The number of aromatic nitrogens is 1. The Morgan fingerprint density at radius 2 is 1.50 bits per heavy atom. The van der Waals surface area contributed by atoms with Crippen molar-refractivity contribution in [3.8, 4) is 11.3 Å². The van der Waals surface area contributed by atoms with Gasteiger partial charge in [0.15, 0.2) is 7.05 Å². The molecule has 0 amide bonds. The van der Waals surface area contributed by atoms with Crippen LogP contribution < -0.4 is 4.74 Å². The molecular formula is C18H16NO+. The summed E-state index contributed by atoms with van der Waals surface area (Å²) in [6.45, 7) is 0. The van der Waals surface area contributed by atoms with Gasteiger partial charge in [-0.1, -0.05) is 60.7 Å². The highest BCUT2D eigenvalue weighted by atomic mass is 16.5. The molecule has 0 saturated carbocycles. The first kappa shape index (κ1) is 12.4. The van der Waals surface area contributed by atoms with Crippen molar-refractivity contribution in [1.82, 2.24) is 0 Å². The SMILES string of the molecule is C[n+]1oc(-c2ccccc2)cc1/C=C/c1ccccc1. The molecule has 20 heavy (non-hydrogen) atoms.